The van der Waals surface area contributed by atoms with Gasteiger partial charge in [-0.3, -0.25) is 4.57 Å². The Kier molecular flexibility index (Phi) is 6.02. The molecule has 0 spiro atoms. The zero-order valence-electron chi connectivity index (χ0n) is 13.6. The lowest BCUT2D eigenvalue weighted by atomic mass is 9.98. The van der Waals surface area contributed by atoms with Crippen LogP contribution in [-0.4, -0.2) is 38.6 Å². The van der Waals surface area contributed by atoms with E-state index in [2.05, 4.69) is 0 Å². The fourth-order valence-corrected chi connectivity index (χ4v) is 3.39. The van der Waals surface area contributed by atoms with Crippen molar-refractivity contribution in [3.63, 3.8) is 0 Å². The van der Waals surface area contributed by atoms with Crippen molar-refractivity contribution in [1.29, 1.82) is 0 Å². The second kappa shape index (κ2) is 6.95. The maximum absolute atomic E-state index is 12.1. The SMILES string of the molecule is COP(=O)(CCC1COC(=O)/C1=C(/C)OC(C)(C)C)OC. The smallest absolute Gasteiger partial charge is 0.337 e. The van der Waals surface area contributed by atoms with E-state index in [-0.39, 0.29) is 24.7 Å². The summed E-state index contributed by atoms with van der Waals surface area (Å²) in [7, 11) is -0.376. The molecule has 1 atom stereocenters. The van der Waals surface area contributed by atoms with Crippen LogP contribution >= 0.6 is 7.60 Å². The van der Waals surface area contributed by atoms with E-state index in [0.29, 0.717) is 17.8 Å². The summed E-state index contributed by atoms with van der Waals surface area (Å²) in [4.78, 5) is 11.9. The Balaban J connectivity index is 2.85. The molecule has 1 aliphatic heterocycles. The Morgan fingerprint density at radius 2 is 1.90 bits per heavy atom. The first-order valence-corrected chi connectivity index (χ1v) is 8.62. The average Bonchev–Trinajstić information content (AvgIpc) is 2.75. The van der Waals surface area contributed by atoms with Crippen LogP contribution < -0.4 is 0 Å². The summed E-state index contributed by atoms with van der Waals surface area (Å²) in [6.45, 7) is 7.77. The van der Waals surface area contributed by atoms with Crippen LogP contribution in [-0.2, 0) is 27.9 Å². The molecule has 0 aromatic carbocycles. The van der Waals surface area contributed by atoms with Gasteiger partial charge in [-0.1, -0.05) is 0 Å². The fraction of sp³-hybridized carbons (Fsp3) is 0.786. The molecule has 0 amide bonds. The molecular formula is C14H25O6P. The van der Waals surface area contributed by atoms with E-state index >= 15 is 0 Å². The summed E-state index contributed by atoms with van der Waals surface area (Å²) < 4.78 is 32.7. The van der Waals surface area contributed by atoms with Crippen LogP contribution in [0.15, 0.2) is 11.3 Å². The van der Waals surface area contributed by atoms with Gasteiger partial charge in [-0.2, -0.15) is 0 Å². The third kappa shape index (κ3) is 5.13. The average molecular weight is 320 g/mol. The number of ether oxygens (including phenoxy) is 2. The molecule has 0 aromatic heterocycles. The van der Waals surface area contributed by atoms with Crippen molar-refractivity contribution >= 4 is 13.6 Å². The number of carbonyl (C=O) groups is 1. The minimum atomic E-state index is -3.08. The normalized spacial score (nSPS) is 22.2. The number of cyclic esters (lactones) is 1. The molecule has 1 saturated heterocycles. The first-order valence-electron chi connectivity index (χ1n) is 6.89. The molecule has 6 nitrogen and oxygen atoms in total. The lowest BCUT2D eigenvalue weighted by Crippen LogP contribution is -2.20. The summed E-state index contributed by atoms with van der Waals surface area (Å²) in [5.74, 6) is 0.0320. The van der Waals surface area contributed by atoms with E-state index in [9.17, 15) is 9.36 Å². The monoisotopic (exact) mass is 320 g/mol. The van der Waals surface area contributed by atoms with Crippen molar-refractivity contribution in [2.45, 2.75) is 39.7 Å². The quantitative estimate of drug-likeness (QED) is 0.324. The number of carbonyl (C=O) groups excluding carboxylic acids is 1. The van der Waals surface area contributed by atoms with E-state index in [4.69, 9.17) is 18.5 Å². The molecule has 0 bridgehead atoms. The molecule has 0 saturated carbocycles. The third-order valence-electron chi connectivity index (χ3n) is 3.19. The summed E-state index contributed by atoms with van der Waals surface area (Å²) in [5, 5.41) is 0. The summed E-state index contributed by atoms with van der Waals surface area (Å²) in [5.41, 5.74) is 0.127. The van der Waals surface area contributed by atoms with Gasteiger partial charge in [0.1, 0.15) is 11.4 Å². The third-order valence-corrected chi connectivity index (χ3v) is 5.11. The molecule has 0 aromatic rings. The Morgan fingerprint density at radius 1 is 1.33 bits per heavy atom. The summed E-state index contributed by atoms with van der Waals surface area (Å²) in [6.07, 6.45) is 0.707. The van der Waals surface area contributed by atoms with Gasteiger partial charge < -0.3 is 18.5 Å². The van der Waals surface area contributed by atoms with Crippen molar-refractivity contribution in [2.75, 3.05) is 27.0 Å². The molecule has 1 fully saturated rings. The van der Waals surface area contributed by atoms with E-state index in [1.54, 1.807) is 6.92 Å². The van der Waals surface area contributed by atoms with E-state index < -0.39 is 13.2 Å². The Labute approximate surface area is 126 Å². The van der Waals surface area contributed by atoms with Crippen molar-refractivity contribution in [3.05, 3.63) is 11.3 Å². The lowest BCUT2D eigenvalue weighted by Gasteiger charge is -2.23. The van der Waals surface area contributed by atoms with Gasteiger partial charge in [0.25, 0.3) is 0 Å². The van der Waals surface area contributed by atoms with Gasteiger partial charge in [-0.15, -0.1) is 0 Å². The van der Waals surface area contributed by atoms with Gasteiger partial charge in [0.2, 0.25) is 0 Å². The molecule has 1 aliphatic rings. The number of allylic oxidation sites excluding steroid dienone is 1. The molecule has 0 N–H and O–H groups in total. The highest BCUT2D eigenvalue weighted by atomic mass is 31.2. The fourth-order valence-electron chi connectivity index (χ4n) is 2.25. The predicted octanol–water partition coefficient (Wildman–Crippen LogP) is 3.12. The standard InChI is InChI=1S/C14H25O6P/c1-10(20-14(2,3)4)12-11(9-19-13(12)15)7-8-21(16,17-5)18-6/h11H,7-9H2,1-6H3/b12-10-. The number of rotatable bonds is 6. The molecule has 122 valence electrons. The van der Waals surface area contributed by atoms with Gasteiger partial charge in [0, 0.05) is 20.1 Å². The van der Waals surface area contributed by atoms with E-state index in [1.807, 2.05) is 20.8 Å². The van der Waals surface area contributed by atoms with Crippen LogP contribution in [0.4, 0.5) is 0 Å². The van der Waals surface area contributed by atoms with Crippen molar-refractivity contribution in [3.8, 4) is 0 Å². The summed E-state index contributed by atoms with van der Waals surface area (Å²) >= 11 is 0. The number of hydrogen-bond acceptors (Lipinski definition) is 6. The molecule has 0 aliphatic carbocycles. The van der Waals surface area contributed by atoms with Gasteiger partial charge in [-0.25, -0.2) is 4.79 Å². The van der Waals surface area contributed by atoms with Crippen molar-refractivity contribution in [2.24, 2.45) is 5.92 Å². The van der Waals surface area contributed by atoms with Crippen LogP contribution in [0.3, 0.4) is 0 Å². The highest BCUT2D eigenvalue weighted by Crippen LogP contribution is 2.48. The first-order chi connectivity index (χ1) is 9.62. The van der Waals surface area contributed by atoms with Crippen molar-refractivity contribution < 1.29 is 27.9 Å². The number of esters is 1. The van der Waals surface area contributed by atoms with E-state index in [1.165, 1.54) is 14.2 Å². The van der Waals surface area contributed by atoms with E-state index in [0.717, 1.165) is 0 Å². The first kappa shape index (κ1) is 18.2. The largest absolute Gasteiger partial charge is 0.492 e. The molecule has 1 unspecified atom stereocenters. The highest BCUT2D eigenvalue weighted by molar-refractivity contribution is 7.53. The molecular weight excluding hydrogens is 295 g/mol. The molecule has 1 heterocycles. The lowest BCUT2D eigenvalue weighted by molar-refractivity contribution is -0.135. The second-order valence-corrected chi connectivity index (χ2v) is 8.37. The molecule has 0 radical (unpaired) electrons. The van der Waals surface area contributed by atoms with Gasteiger partial charge in [0.15, 0.2) is 0 Å². The maximum Gasteiger partial charge on any atom is 0.337 e. The second-order valence-electron chi connectivity index (χ2n) is 5.97. The Hall–Kier alpha value is -0.840. The predicted molar refractivity (Wildman–Crippen MR) is 79.1 cm³/mol. The van der Waals surface area contributed by atoms with Crippen LogP contribution in [0.5, 0.6) is 0 Å². The van der Waals surface area contributed by atoms with Gasteiger partial charge in [-0.05, 0) is 34.1 Å². The Morgan fingerprint density at radius 3 is 2.38 bits per heavy atom. The van der Waals surface area contributed by atoms with Crippen LogP contribution in [0.2, 0.25) is 0 Å². The maximum atomic E-state index is 12.1. The van der Waals surface area contributed by atoms with Gasteiger partial charge in [0.05, 0.1) is 18.3 Å². The van der Waals surface area contributed by atoms with Crippen LogP contribution in [0, 0.1) is 5.92 Å². The van der Waals surface area contributed by atoms with Crippen molar-refractivity contribution in [1.82, 2.24) is 0 Å². The summed E-state index contributed by atoms with van der Waals surface area (Å²) in [6, 6.07) is 0. The topological polar surface area (TPSA) is 71.1 Å². The number of hydrogen-bond donors (Lipinski definition) is 0. The minimum absolute atomic E-state index is 0.154. The molecule has 1 rings (SSSR count). The van der Waals surface area contributed by atoms with Crippen LogP contribution in [0.25, 0.3) is 0 Å². The zero-order chi connectivity index (χ0) is 16.3. The minimum Gasteiger partial charge on any atom is -0.492 e. The molecule has 7 heteroatoms. The zero-order valence-corrected chi connectivity index (χ0v) is 14.5. The Bertz CT molecular complexity index is 455. The van der Waals surface area contributed by atoms with Gasteiger partial charge >= 0.3 is 13.6 Å². The molecule has 21 heavy (non-hydrogen) atoms. The van der Waals surface area contributed by atoms with Crippen LogP contribution in [0.1, 0.15) is 34.1 Å². The highest BCUT2D eigenvalue weighted by Gasteiger charge is 2.36.